The topological polar surface area (TPSA) is 71.2 Å². The van der Waals surface area contributed by atoms with Gasteiger partial charge in [-0.05, 0) is 32.3 Å². The average Bonchev–Trinajstić information content (AvgIpc) is 2.38. The molecule has 0 radical (unpaired) electrons. The number of hydrazine groups is 1. The Labute approximate surface area is 101 Å². The molecule has 0 saturated carbocycles. The summed E-state index contributed by atoms with van der Waals surface area (Å²) >= 11 is 0. The zero-order chi connectivity index (χ0) is 12.3. The minimum Gasteiger partial charge on any atom is -0.336 e. The largest absolute Gasteiger partial charge is 0.336 e. The number of anilines is 1. The Bertz CT molecular complexity index is 407. The van der Waals surface area contributed by atoms with Crippen molar-refractivity contribution < 1.29 is 4.79 Å². The third kappa shape index (κ3) is 2.39. The van der Waals surface area contributed by atoms with E-state index in [9.17, 15) is 4.79 Å². The van der Waals surface area contributed by atoms with Crippen molar-refractivity contribution in [1.29, 1.82) is 0 Å². The highest BCUT2D eigenvalue weighted by Crippen LogP contribution is 2.21. The number of nitrogen functional groups attached to an aromatic ring is 1. The standard InChI is InChI=1S/C12H18N4O/c1-9-4-2-3-7-16(9)12(17)10-5-6-14-8-11(10)15-13/h5-6,8-9,15H,2-4,7,13H2,1H3. The van der Waals surface area contributed by atoms with Crippen LogP contribution in [0, 0.1) is 0 Å². The van der Waals surface area contributed by atoms with Gasteiger partial charge in [0.05, 0.1) is 17.4 Å². The maximum absolute atomic E-state index is 12.4. The molecule has 2 heterocycles. The van der Waals surface area contributed by atoms with E-state index in [-0.39, 0.29) is 5.91 Å². The summed E-state index contributed by atoms with van der Waals surface area (Å²) in [5.74, 6) is 5.43. The summed E-state index contributed by atoms with van der Waals surface area (Å²) in [6, 6.07) is 2.01. The number of aromatic nitrogens is 1. The molecule has 1 atom stereocenters. The van der Waals surface area contributed by atoms with Crippen LogP contribution in [-0.4, -0.2) is 28.4 Å². The number of nitrogens with zero attached hydrogens (tertiary/aromatic N) is 2. The normalized spacial score (nSPS) is 20.1. The highest BCUT2D eigenvalue weighted by atomic mass is 16.2. The number of piperidine rings is 1. The predicted molar refractivity (Wildman–Crippen MR) is 66.4 cm³/mol. The third-order valence-corrected chi connectivity index (χ3v) is 3.27. The van der Waals surface area contributed by atoms with E-state index in [1.54, 1.807) is 18.5 Å². The van der Waals surface area contributed by atoms with Crippen molar-refractivity contribution >= 4 is 11.6 Å². The Morgan fingerprint density at radius 2 is 2.41 bits per heavy atom. The molecule has 1 amide bonds. The fraction of sp³-hybridized carbons (Fsp3) is 0.500. The summed E-state index contributed by atoms with van der Waals surface area (Å²) in [7, 11) is 0. The van der Waals surface area contributed by atoms with Crippen molar-refractivity contribution in [2.24, 2.45) is 5.84 Å². The lowest BCUT2D eigenvalue weighted by Gasteiger charge is -2.33. The summed E-state index contributed by atoms with van der Waals surface area (Å²) in [6.45, 7) is 2.92. The maximum Gasteiger partial charge on any atom is 0.256 e. The minimum absolute atomic E-state index is 0.0348. The second kappa shape index (κ2) is 5.14. The highest BCUT2D eigenvalue weighted by Gasteiger charge is 2.25. The van der Waals surface area contributed by atoms with E-state index < -0.39 is 0 Å². The zero-order valence-corrected chi connectivity index (χ0v) is 10.0. The van der Waals surface area contributed by atoms with Crippen molar-refractivity contribution in [2.45, 2.75) is 32.2 Å². The lowest BCUT2D eigenvalue weighted by atomic mass is 10.0. The third-order valence-electron chi connectivity index (χ3n) is 3.27. The Morgan fingerprint density at radius 3 is 3.12 bits per heavy atom. The van der Waals surface area contributed by atoms with E-state index >= 15 is 0 Å². The average molecular weight is 234 g/mol. The number of pyridine rings is 1. The van der Waals surface area contributed by atoms with E-state index in [1.165, 1.54) is 6.42 Å². The number of rotatable bonds is 2. The summed E-state index contributed by atoms with van der Waals surface area (Å²) in [5, 5.41) is 0. The Hall–Kier alpha value is -1.62. The van der Waals surface area contributed by atoms with Crippen molar-refractivity contribution in [1.82, 2.24) is 9.88 Å². The first-order valence-electron chi connectivity index (χ1n) is 5.95. The molecule has 1 saturated heterocycles. The fourth-order valence-corrected chi connectivity index (χ4v) is 2.25. The van der Waals surface area contributed by atoms with Crippen LogP contribution in [0.25, 0.3) is 0 Å². The van der Waals surface area contributed by atoms with Crippen LogP contribution in [-0.2, 0) is 0 Å². The molecule has 0 aromatic carbocycles. The van der Waals surface area contributed by atoms with Crippen molar-refractivity contribution in [2.75, 3.05) is 12.0 Å². The molecule has 1 aliphatic rings. The molecule has 5 heteroatoms. The van der Waals surface area contributed by atoms with Crippen molar-refractivity contribution in [3.05, 3.63) is 24.0 Å². The van der Waals surface area contributed by atoms with Gasteiger partial charge >= 0.3 is 0 Å². The quantitative estimate of drug-likeness (QED) is 0.599. The number of nitrogens with two attached hydrogens (primary N) is 1. The van der Waals surface area contributed by atoms with Gasteiger partial charge in [-0.15, -0.1) is 0 Å². The van der Waals surface area contributed by atoms with Crippen molar-refractivity contribution in [3.63, 3.8) is 0 Å². The van der Waals surface area contributed by atoms with Gasteiger partial charge in [-0.3, -0.25) is 15.6 Å². The SMILES string of the molecule is CC1CCCCN1C(=O)c1ccncc1NN. The lowest BCUT2D eigenvalue weighted by Crippen LogP contribution is -2.42. The molecule has 3 N–H and O–H groups in total. The van der Waals surface area contributed by atoms with Crippen LogP contribution in [0.5, 0.6) is 0 Å². The van der Waals surface area contributed by atoms with Gasteiger partial charge in [-0.25, -0.2) is 0 Å². The Kier molecular flexibility index (Phi) is 3.58. The summed E-state index contributed by atoms with van der Waals surface area (Å²) < 4.78 is 0. The van der Waals surface area contributed by atoms with Gasteiger partial charge in [0.2, 0.25) is 0 Å². The first-order valence-corrected chi connectivity index (χ1v) is 5.95. The van der Waals surface area contributed by atoms with Gasteiger partial charge in [-0.2, -0.15) is 0 Å². The molecule has 1 fully saturated rings. The van der Waals surface area contributed by atoms with E-state index in [1.807, 2.05) is 4.90 Å². The van der Waals surface area contributed by atoms with E-state index in [0.717, 1.165) is 19.4 Å². The van der Waals surface area contributed by atoms with Crippen LogP contribution in [0.4, 0.5) is 5.69 Å². The molecule has 1 aromatic heterocycles. The van der Waals surface area contributed by atoms with Gasteiger partial charge in [0, 0.05) is 18.8 Å². The minimum atomic E-state index is 0.0348. The molecular weight excluding hydrogens is 216 g/mol. The second-order valence-electron chi connectivity index (χ2n) is 4.41. The van der Waals surface area contributed by atoms with Crippen LogP contribution in [0.3, 0.4) is 0 Å². The molecule has 1 aliphatic heterocycles. The number of likely N-dealkylation sites (tertiary alicyclic amines) is 1. The second-order valence-corrected chi connectivity index (χ2v) is 4.41. The molecule has 5 nitrogen and oxygen atoms in total. The van der Waals surface area contributed by atoms with E-state index in [0.29, 0.717) is 17.3 Å². The van der Waals surface area contributed by atoms with Gasteiger partial charge in [0.25, 0.3) is 5.91 Å². The highest BCUT2D eigenvalue weighted by molar-refractivity contribution is 5.99. The number of nitrogens with one attached hydrogen (secondary N) is 1. The maximum atomic E-state index is 12.4. The monoisotopic (exact) mass is 234 g/mol. The molecule has 0 aliphatic carbocycles. The van der Waals surface area contributed by atoms with E-state index in [4.69, 9.17) is 5.84 Å². The van der Waals surface area contributed by atoms with Crippen LogP contribution in [0.1, 0.15) is 36.5 Å². The predicted octanol–water partition coefficient (Wildman–Crippen LogP) is 1.38. The Morgan fingerprint density at radius 1 is 1.59 bits per heavy atom. The number of carbonyl (C=O) groups excluding carboxylic acids is 1. The van der Waals surface area contributed by atoms with Gasteiger partial charge in [0.1, 0.15) is 0 Å². The van der Waals surface area contributed by atoms with Crippen LogP contribution in [0.15, 0.2) is 18.5 Å². The van der Waals surface area contributed by atoms with Crippen LogP contribution < -0.4 is 11.3 Å². The summed E-state index contributed by atoms with van der Waals surface area (Å²) in [6.07, 6.45) is 6.53. The van der Waals surface area contributed by atoms with Crippen LogP contribution in [0.2, 0.25) is 0 Å². The number of amides is 1. The molecule has 1 aromatic rings. The smallest absolute Gasteiger partial charge is 0.256 e. The number of hydrogen-bond acceptors (Lipinski definition) is 4. The number of hydrogen-bond donors (Lipinski definition) is 2. The molecule has 1 unspecified atom stereocenters. The zero-order valence-electron chi connectivity index (χ0n) is 10.0. The molecule has 0 spiro atoms. The molecule has 2 rings (SSSR count). The molecule has 17 heavy (non-hydrogen) atoms. The molecule has 0 bridgehead atoms. The first kappa shape index (κ1) is 11.9. The Balaban J connectivity index is 2.23. The van der Waals surface area contributed by atoms with E-state index in [2.05, 4.69) is 17.3 Å². The summed E-state index contributed by atoms with van der Waals surface area (Å²) in [5.41, 5.74) is 3.69. The molecule has 92 valence electrons. The molecular formula is C12H18N4O. The number of carbonyl (C=O) groups is 1. The van der Waals surface area contributed by atoms with Crippen LogP contribution >= 0.6 is 0 Å². The first-order chi connectivity index (χ1) is 8.24. The lowest BCUT2D eigenvalue weighted by molar-refractivity contribution is 0.0636. The van der Waals surface area contributed by atoms with Gasteiger partial charge in [0.15, 0.2) is 0 Å². The summed E-state index contributed by atoms with van der Waals surface area (Å²) in [4.78, 5) is 18.3. The van der Waals surface area contributed by atoms with Crippen molar-refractivity contribution in [3.8, 4) is 0 Å². The van der Waals surface area contributed by atoms with Gasteiger partial charge in [-0.1, -0.05) is 0 Å². The fourth-order valence-electron chi connectivity index (χ4n) is 2.25. The van der Waals surface area contributed by atoms with Gasteiger partial charge < -0.3 is 10.3 Å².